The molecular formula is C27H35N3O2S2. The zero-order chi connectivity index (χ0) is 24.3. The Labute approximate surface area is 207 Å². The number of unbranched alkanes of at least 4 members (excludes halogenated alkanes) is 2. The molecule has 1 atom stereocenters. The van der Waals surface area contributed by atoms with Crippen LogP contribution in [0.2, 0.25) is 0 Å². The summed E-state index contributed by atoms with van der Waals surface area (Å²) in [4.78, 5) is 0. The topological polar surface area (TPSA) is 85.9 Å². The molecule has 5 nitrogen and oxygen atoms in total. The van der Waals surface area contributed by atoms with Gasteiger partial charge in [0.25, 0.3) is 0 Å². The van der Waals surface area contributed by atoms with Crippen LogP contribution in [0.1, 0.15) is 68.6 Å². The summed E-state index contributed by atoms with van der Waals surface area (Å²) in [5, 5.41) is 10.9. The molecule has 1 aliphatic rings. The molecule has 7 heteroatoms. The highest BCUT2D eigenvalue weighted by Crippen LogP contribution is 2.42. The van der Waals surface area contributed by atoms with Crippen LogP contribution in [0.4, 0.5) is 5.69 Å². The van der Waals surface area contributed by atoms with Gasteiger partial charge in [0.1, 0.15) is 19.9 Å². The van der Waals surface area contributed by atoms with Crippen LogP contribution < -0.4 is 5.73 Å². The molecule has 4 rings (SSSR count). The number of nitrogen functional groups attached to an aromatic ring is 1. The number of anilines is 1. The molecule has 1 heterocycles. The predicted octanol–water partition coefficient (Wildman–Crippen LogP) is 6.29. The van der Waals surface area contributed by atoms with Crippen LogP contribution in [0, 0.1) is 5.92 Å². The maximum atomic E-state index is 11.3. The van der Waals surface area contributed by atoms with E-state index in [0.29, 0.717) is 17.6 Å². The molecule has 0 saturated carbocycles. The third-order valence-electron chi connectivity index (χ3n) is 6.64. The average molecular weight is 498 g/mol. The molecule has 0 saturated heterocycles. The van der Waals surface area contributed by atoms with E-state index in [-0.39, 0.29) is 0 Å². The number of nitrogens with two attached hydrogens (primary N) is 1. The normalized spacial score (nSPS) is 15.7. The molecule has 2 aromatic carbocycles. The third-order valence-corrected chi connectivity index (χ3v) is 8.67. The summed E-state index contributed by atoms with van der Waals surface area (Å²) >= 11 is 1.63. The molecule has 3 aromatic rings. The minimum atomic E-state index is -2.85. The molecular weight excluding hydrogens is 462 g/mol. The third kappa shape index (κ3) is 6.05. The fourth-order valence-electron chi connectivity index (χ4n) is 4.97. The van der Waals surface area contributed by atoms with Crippen LogP contribution in [-0.2, 0) is 22.7 Å². The number of sulfone groups is 1. The first-order chi connectivity index (χ1) is 16.2. The molecule has 182 valence electrons. The number of fused-ring (bicyclic) bond motifs is 1. The molecule has 1 aromatic heterocycles. The van der Waals surface area contributed by atoms with Gasteiger partial charge in [-0.25, -0.2) is 8.42 Å². The SMILES string of the molecule is CC(C)Cc1ccc(-c2nnc(-c3cccc4c3CCC4CCCCCS(C)(=O)=O)s2)cc1N. The van der Waals surface area contributed by atoms with Crippen molar-refractivity contribution in [2.24, 2.45) is 5.92 Å². The number of hydrogen-bond donors (Lipinski definition) is 1. The quantitative estimate of drug-likeness (QED) is 0.263. The second-order valence-corrected chi connectivity index (χ2v) is 13.2. The van der Waals surface area contributed by atoms with Crippen molar-refractivity contribution in [1.29, 1.82) is 0 Å². The van der Waals surface area contributed by atoms with E-state index in [1.807, 2.05) is 6.07 Å². The van der Waals surface area contributed by atoms with Gasteiger partial charge in [-0.05, 0) is 66.7 Å². The van der Waals surface area contributed by atoms with Crippen LogP contribution in [0.25, 0.3) is 21.1 Å². The molecule has 0 amide bonds. The monoisotopic (exact) mass is 497 g/mol. The molecule has 0 aliphatic heterocycles. The number of rotatable bonds is 10. The summed E-state index contributed by atoms with van der Waals surface area (Å²) in [5.74, 6) is 1.41. The Hall–Kier alpha value is -2.25. The lowest BCUT2D eigenvalue weighted by Gasteiger charge is -2.12. The Morgan fingerprint density at radius 2 is 1.88 bits per heavy atom. The van der Waals surface area contributed by atoms with Crippen LogP contribution in [-0.4, -0.2) is 30.6 Å². The average Bonchev–Trinajstić information content (AvgIpc) is 3.41. The molecule has 34 heavy (non-hydrogen) atoms. The minimum Gasteiger partial charge on any atom is -0.398 e. The minimum absolute atomic E-state index is 0.296. The lowest BCUT2D eigenvalue weighted by molar-refractivity contribution is 0.557. The zero-order valence-corrected chi connectivity index (χ0v) is 22.0. The summed E-state index contributed by atoms with van der Waals surface area (Å²) in [6, 6.07) is 12.8. The summed E-state index contributed by atoms with van der Waals surface area (Å²) in [6.07, 6.45) is 8.42. The van der Waals surface area contributed by atoms with Crippen molar-refractivity contribution in [3.63, 3.8) is 0 Å². The lowest BCUT2D eigenvalue weighted by Crippen LogP contribution is -2.02. The van der Waals surface area contributed by atoms with E-state index in [4.69, 9.17) is 5.73 Å². The number of benzene rings is 2. The molecule has 0 radical (unpaired) electrons. The van der Waals surface area contributed by atoms with Gasteiger partial charge >= 0.3 is 0 Å². The number of nitrogens with zero attached hydrogens (tertiary/aromatic N) is 2. The van der Waals surface area contributed by atoms with E-state index in [1.54, 1.807) is 11.3 Å². The van der Waals surface area contributed by atoms with Gasteiger partial charge in [0, 0.05) is 28.8 Å². The molecule has 1 aliphatic carbocycles. The summed E-state index contributed by atoms with van der Waals surface area (Å²) in [5.41, 5.74) is 13.4. The molecule has 0 spiro atoms. The van der Waals surface area contributed by atoms with Crippen molar-refractivity contribution < 1.29 is 8.42 Å². The fourth-order valence-corrected chi connectivity index (χ4v) is 6.60. The molecule has 1 unspecified atom stereocenters. The van der Waals surface area contributed by atoms with E-state index in [2.05, 4.69) is 54.4 Å². The lowest BCUT2D eigenvalue weighted by atomic mass is 9.94. The van der Waals surface area contributed by atoms with Crippen LogP contribution in [0.3, 0.4) is 0 Å². The zero-order valence-electron chi connectivity index (χ0n) is 20.4. The van der Waals surface area contributed by atoms with Crippen molar-refractivity contribution in [3.05, 3.63) is 53.1 Å². The van der Waals surface area contributed by atoms with Crippen molar-refractivity contribution in [3.8, 4) is 21.1 Å². The number of aromatic nitrogens is 2. The van der Waals surface area contributed by atoms with E-state index in [0.717, 1.165) is 66.2 Å². The highest BCUT2D eigenvalue weighted by Gasteiger charge is 2.26. The van der Waals surface area contributed by atoms with Gasteiger partial charge in [0.15, 0.2) is 0 Å². The van der Waals surface area contributed by atoms with Gasteiger partial charge in [0.2, 0.25) is 0 Å². The van der Waals surface area contributed by atoms with Crippen molar-refractivity contribution in [2.45, 2.75) is 64.7 Å². The van der Waals surface area contributed by atoms with Gasteiger partial charge < -0.3 is 5.73 Å². The highest BCUT2D eigenvalue weighted by molar-refractivity contribution is 7.90. The van der Waals surface area contributed by atoms with E-state index in [1.165, 1.54) is 28.5 Å². The Bertz CT molecular complexity index is 1250. The highest BCUT2D eigenvalue weighted by atomic mass is 32.2. The Kier molecular flexibility index (Phi) is 7.73. The van der Waals surface area contributed by atoms with Gasteiger partial charge in [-0.3, -0.25) is 0 Å². The van der Waals surface area contributed by atoms with Gasteiger partial charge in [-0.1, -0.05) is 68.4 Å². The molecule has 2 N–H and O–H groups in total. The first kappa shape index (κ1) is 24.9. The first-order valence-corrected chi connectivity index (χ1v) is 15.1. The summed E-state index contributed by atoms with van der Waals surface area (Å²) in [6.45, 7) is 4.40. The van der Waals surface area contributed by atoms with Gasteiger partial charge in [-0.2, -0.15) is 0 Å². The van der Waals surface area contributed by atoms with Crippen molar-refractivity contribution in [2.75, 3.05) is 17.7 Å². The van der Waals surface area contributed by atoms with E-state index < -0.39 is 9.84 Å². The van der Waals surface area contributed by atoms with Crippen LogP contribution in [0.15, 0.2) is 36.4 Å². The van der Waals surface area contributed by atoms with Crippen LogP contribution in [0.5, 0.6) is 0 Å². The maximum Gasteiger partial charge on any atom is 0.148 e. The predicted molar refractivity (Wildman–Crippen MR) is 143 cm³/mol. The van der Waals surface area contributed by atoms with Crippen LogP contribution >= 0.6 is 11.3 Å². The Morgan fingerprint density at radius 1 is 1.09 bits per heavy atom. The van der Waals surface area contributed by atoms with E-state index in [9.17, 15) is 8.42 Å². The smallest absolute Gasteiger partial charge is 0.148 e. The summed E-state index contributed by atoms with van der Waals surface area (Å²) in [7, 11) is -2.85. The largest absolute Gasteiger partial charge is 0.398 e. The second-order valence-electron chi connectivity index (χ2n) is 10.0. The van der Waals surface area contributed by atoms with Crippen molar-refractivity contribution >= 4 is 26.9 Å². The van der Waals surface area contributed by atoms with Gasteiger partial charge in [-0.15, -0.1) is 10.2 Å². The number of hydrogen-bond acceptors (Lipinski definition) is 6. The first-order valence-electron chi connectivity index (χ1n) is 12.2. The maximum absolute atomic E-state index is 11.3. The Morgan fingerprint density at radius 3 is 2.62 bits per heavy atom. The standard InChI is InChI=1S/C27H35N3O2S2/c1-18(2)16-20-11-12-21(17-25(20)28)26-29-30-27(33-26)24-10-7-9-22-19(13-14-23(22)24)8-5-4-6-15-34(3,31)32/h7,9-12,17-19H,4-6,8,13-16,28H2,1-3H3. The van der Waals surface area contributed by atoms with Gasteiger partial charge in [0.05, 0.1) is 0 Å². The molecule has 0 bridgehead atoms. The fraction of sp³-hybridized carbons (Fsp3) is 0.481. The molecule has 0 fully saturated rings. The Balaban J connectivity index is 1.46. The second kappa shape index (κ2) is 10.6. The van der Waals surface area contributed by atoms with Crippen molar-refractivity contribution in [1.82, 2.24) is 10.2 Å². The van der Waals surface area contributed by atoms with E-state index >= 15 is 0 Å². The summed E-state index contributed by atoms with van der Waals surface area (Å²) < 4.78 is 22.7.